The largest absolute Gasteiger partial charge is 0.481 e. The van der Waals surface area contributed by atoms with Gasteiger partial charge in [0.05, 0.1) is 5.75 Å². The van der Waals surface area contributed by atoms with Gasteiger partial charge in [-0.2, -0.15) is 4.33 Å². The number of carboxylic acid groups (broad SMARTS) is 3. The summed E-state index contributed by atoms with van der Waals surface area (Å²) in [5, 5.41) is 31.0. The molecule has 0 bridgehead atoms. The number of hydrogen-bond acceptors (Lipinski definition) is 9. The number of allylic oxidation sites excluding steroid dienone is 2. The summed E-state index contributed by atoms with van der Waals surface area (Å²) in [4.78, 5) is 62.4. The number of hydrogen-bond donors (Lipinski definition) is 6. The Morgan fingerprint density at radius 1 is 0.857 bits per heavy atom. The number of unbranched alkanes of at least 4 members (excludes halogenated alkanes) is 8. The van der Waals surface area contributed by atoms with E-state index in [-0.39, 0.29) is 25.0 Å². The van der Waals surface area contributed by atoms with Crippen LogP contribution in [-0.4, -0.2) is 75.5 Å². The molecule has 0 fully saturated rings. The van der Waals surface area contributed by atoms with E-state index in [0.717, 1.165) is 69.8 Å². The fourth-order valence-corrected chi connectivity index (χ4v) is 4.06. The molecule has 0 saturated heterocycles. The maximum atomic E-state index is 12.4. The molecule has 0 spiro atoms. The monoisotopic (exact) mass is 617 g/mol. The lowest BCUT2D eigenvalue weighted by molar-refractivity contribution is -0.203. The third kappa shape index (κ3) is 23.7. The zero-order valence-electron chi connectivity index (χ0n) is 24.3. The highest BCUT2D eigenvalue weighted by Gasteiger charge is 2.23. The molecule has 2 amide bonds. The molecule has 0 aromatic carbocycles. The number of carbonyl (C=O) groups is 5. The second-order valence-electron chi connectivity index (χ2n) is 9.68. The van der Waals surface area contributed by atoms with Crippen LogP contribution in [0.25, 0.3) is 0 Å². The van der Waals surface area contributed by atoms with Crippen molar-refractivity contribution in [2.75, 3.05) is 12.3 Å². The van der Waals surface area contributed by atoms with Gasteiger partial charge in [-0.15, -0.1) is 0 Å². The van der Waals surface area contributed by atoms with Gasteiger partial charge in [0.25, 0.3) is 0 Å². The van der Waals surface area contributed by atoms with Gasteiger partial charge in [-0.3, -0.25) is 24.0 Å². The predicted molar refractivity (Wildman–Crippen MR) is 158 cm³/mol. The minimum absolute atomic E-state index is 0.110. The molecule has 0 aliphatic heterocycles. The van der Waals surface area contributed by atoms with Gasteiger partial charge in [0.1, 0.15) is 24.7 Å². The molecule has 0 unspecified atom stereocenters. The molecule has 0 saturated carbocycles. The molecule has 0 aromatic rings. The Bertz CT molecular complexity index is 869. The normalized spacial score (nSPS) is 13.6. The fourth-order valence-electron chi connectivity index (χ4n) is 3.48. The third-order valence-corrected chi connectivity index (χ3v) is 6.53. The van der Waals surface area contributed by atoms with Gasteiger partial charge in [0, 0.05) is 24.9 Å². The van der Waals surface area contributed by atoms with Crippen molar-refractivity contribution in [2.24, 2.45) is 5.73 Å². The third-order valence-electron chi connectivity index (χ3n) is 5.89. The summed E-state index contributed by atoms with van der Waals surface area (Å²) < 4.78 is 5.25. The van der Waals surface area contributed by atoms with Crippen LogP contribution in [0.15, 0.2) is 24.3 Å². The van der Waals surface area contributed by atoms with Gasteiger partial charge >= 0.3 is 17.9 Å². The Labute approximate surface area is 251 Å². The SMILES string of the molecule is CCCCC/C=C\[C@H](/C=C\CCCCCCCC(=O)O)OOSC[C@H](NC(=O)CC[C@H](N)C(=O)O)C(=O)NCC(=O)O. The molecule has 240 valence electrons. The minimum Gasteiger partial charge on any atom is -0.481 e. The molecule has 0 heterocycles. The van der Waals surface area contributed by atoms with Crippen LogP contribution in [0.3, 0.4) is 0 Å². The van der Waals surface area contributed by atoms with Crippen molar-refractivity contribution in [1.82, 2.24) is 10.6 Å². The van der Waals surface area contributed by atoms with E-state index in [1.54, 1.807) is 0 Å². The van der Waals surface area contributed by atoms with E-state index in [9.17, 15) is 24.0 Å². The van der Waals surface area contributed by atoms with E-state index in [1.807, 2.05) is 24.3 Å². The summed E-state index contributed by atoms with van der Waals surface area (Å²) in [7, 11) is 0. The molecule has 13 nitrogen and oxygen atoms in total. The first kappa shape index (κ1) is 39.1. The summed E-state index contributed by atoms with van der Waals surface area (Å²) in [6, 6.07) is -2.40. The molecule has 0 aliphatic carbocycles. The molecule has 3 atom stereocenters. The van der Waals surface area contributed by atoms with Gasteiger partial charge in [0.2, 0.25) is 11.8 Å². The Kier molecular flexibility index (Phi) is 23.9. The van der Waals surface area contributed by atoms with Gasteiger partial charge < -0.3 is 31.7 Å². The lowest BCUT2D eigenvalue weighted by atomic mass is 10.1. The lowest BCUT2D eigenvalue weighted by Crippen LogP contribution is -2.49. The second kappa shape index (κ2) is 25.7. The van der Waals surface area contributed by atoms with E-state index in [0.29, 0.717) is 6.42 Å². The Morgan fingerprint density at radius 3 is 2.07 bits per heavy atom. The molecular weight excluding hydrogens is 570 g/mol. The molecule has 14 heteroatoms. The average Bonchev–Trinajstić information content (AvgIpc) is 2.94. The van der Waals surface area contributed by atoms with Crippen LogP contribution in [-0.2, 0) is 33.2 Å². The highest BCUT2D eigenvalue weighted by Crippen LogP contribution is 2.13. The van der Waals surface area contributed by atoms with Crippen molar-refractivity contribution in [3.05, 3.63) is 24.3 Å². The van der Waals surface area contributed by atoms with E-state index in [1.165, 1.54) is 0 Å². The topological polar surface area (TPSA) is 215 Å². The highest BCUT2D eigenvalue weighted by atomic mass is 32.2. The zero-order chi connectivity index (χ0) is 31.6. The van der Waals surface area contributed by atoms with Crippen LogP contribution in [0.4, 0.5) is 0 Å². The van der Waals surface area contributed by atoms with Gasteiger partial charge in [-0.1, -0.05) is 63.3 Å². The first-order valence-corrected chi connectivity index (χ1v) is 15.2. The average molecular weight is 618 g/mol. The smallest absolute Gasteiger partial charge is 0.322 e. The Morgan fingerprint density at radius 2 is 1.48 bits per heavy atom. The molecule has 0 aliphatic rings. The fraction of sp³-hybridized carbons (Fsp3) is 0.679. The maximum Gasteiger partial charge on any atom is 0.322 e. The van der Waals surface area contributed by atoms with Crippen molar-refractivity contribution in [3.63, 3.8) is 0 Å². The number of amides is 2. The van der Waals surface area contributed by atoms with Crippen LogP contribution in [0.5, 0.6) is 0 Å². The summed E-state index contributed by atoms with van der Waals surface area (Å²) in [5.74, 6) is -4.77. The summed E-state index contributed by atoms with van der Waals surface area (Å²) in [6.07, 6.45) is 16.5. The van der Waals surface area contributed by atoms with Crippen molar-refractivity contribution < 1.29 is 48.5 Å². The minimum atomic E-state index is -1.26. The second-order valence-corrected chi connectivity index (χ2v) is 10.4. The number of nitrogens with two attached hydrogens (primary N) is 1. The standard InChI is InChI=1S/C28H47N3O10S/c1-2-3-4-8-11-14-21(15-12-9-6-5-7-10-13-16-25(33)34)40-41-42-20-23(27(37)30-19-26(35)36)31-24(32)18-17-22(29)28(38)39/h11-12,14-15,21-23H,2-10,13,16-20,29H2,1H3,(H,30,37)(H,31,32)(H,33,34)(H,35,36)(H,38,39)/b14-11-,15-12-/t21-,22+,23+/m1/s1. The lowest BCUT2D eigenvalue weighted by Gasteiger charge is -2.18. The maximum absolute atomic E-state index is 12.4. The van der Waals surface area contributed by atoms with Crippen molar-refractivity contribution in [1.29, 1.82) is 0 Å². The van der Waals surface area contributed by atoms with Crippen molar-refractivity contribution in [3.8, 4) is 0 Å². The molecule has 0 rings (SSSR count). The number of nitrogens with one attached hydrogen (secondary N) is 2. The van der Waals surface area contributed by atoms with E-state index in [2.05, 4.69) is 17.6 Å². The van der Waals surface area contributed by atoms with Crippen LogP contribution in [0.2, 0.25) is 0 Å². The molecule has 7 N–H and O–H groups in total. The predicted octanol–water partition coefficient (Wildman–Crippen LogP) is 3.34. The van der Waals surface area contributed by atoms with E-state index in [4.69, 9.17) is 30.3 Å². The van der Waals surface area contributed by atoms with Gasteiger partial charge in [0.15, 0.2) is 0 Å². The summed E-state index contributed by atoms with van der Waals surface area (Å²) in [5.41, 5.74) is 5.41. The number of carboxylic acids is 3. The summed E-state index contributed by atoms with van der Waals surface area (Å²) in [6.45, 7) is 1.48. The van der Waals surface area contributed by atoms with Crippen LogP contribution >= 0.6 is 12.0 Å². The van der Waals surface area contributed by atoms with Crippen LogP contribution < -0.4 is 16.4 Å². The van der Waals surface area contributed by atoms with Crippen molar-refractivity contribution >= 4 is 41.8 Å². The molecule has 42 heavy (non-hydrogen) atoms. The first-order valence-electron chi connectivity index (χ1n) is 14.3. The zero-order valence-corrected chi connectivity index (χ0v) is 25.1. The van der Waals surface area contributed by atoms with Gasteiger partial charge in [-0.05, 0) is 38.5 Å². The van der Waals surface area contributed by atoms with Crippen LogP contribution in [0.1, 0.15) is 90.4 Å². The summed E-state index contributed by atoms with van der Waals surface area (Å²) >= 11 is 0.754. The van der Waals surface area contributed by atoms with E-state index < -0.39 is 54.5 Å². The number of aliphatic carboxylic acids is 3. The highest BCUT2D eigenvalue weighted by molar-refractivity contribution is 7.94. The molecule has 0 aromatic heterocycles. The quantitative estimate of drug-likeness (QED) is 0.0257. The van der Waals surface area contributed by atoms with Crippen molar-refractivity contribution in [2.45, 2.75) is 109 Å². The van der Waals surface area contributed by atoms with E-state index >= 15 is 0 Å². The van der Waals surface area contributed by atoms with Crippen LogP contribution in [0, 0.1) is 0 Å². The molecular formula is C28H47N3O10S. The Balaban J connectivity index is 4.88. The first-order chi connectivity index (χ1) is 20.1. The Hall–Kier alpha value is -2.94. The number of carbonyl (C=O) groups excluding carboxylic acids is 2. The molecule has 0 radical (unpaired) electrons. The van der Waals surface area contributed by atoms with Gasteiger partial charge in [-0.25, -0.2) is 4.89 Å². The number of rotatable bonds is 27.